The molecule has 0 atom stereocenters. The largest absolute Gasteiger partial charge is 0.389 e. The van der Waals surface area contributed by atoms with Crippen molar-refractivity contribution in [3.05, 3.63) is 34.1 Å². The van der Waals surface area contributed by atoms with Crippen LogP contribution < -0.4 is 5.32 Å². The maximum absolute atomic E-state index is 12.4. The maximum atomic E-state index is 12.4. The van der Waals surface area contributed by atoms with E-state index >= 15 is 0 Å². The minimum absolute atomic E-state index is 0.0906. The number of nitrogens with zero attached hydrogens (tertiary/aromatic N) is 5. The highest BCUT2D eigenvalue weighted by molar-refractivity contribution is 5.89. The van der Waals surface area contributed by atoms with Crippen molar-refractivity contribution < 1.29 is 14.2 Å². The molecule has 4 aliphatic carbocycles. The molecule has 0 spiro atoms. The van der Waals surface area contributed by atoms with E-state index in [1.54, 1.807) is 0 Å². The van der Waals surface area contributed by atoms with Gasteiger partial charge in [-0.05, 0) is 73.0 Å². The summed E-state index contributed by atoms with van der Waals surface area (Å²) in [6.07, 6.45) is 10.7. The second-order valence-electron chi connectivity index (χ2n) is 9.07. The zero-order chi connectivity index (χ0) is 20.0. The van der Waals surface area contributed by atoms with E-state index < -0.39 is 4.92 Å². The van der Waals surface area contributed by atoms with Crippen molar-refractivity contribution in [2.24, 2.45) is 23.2 Å². The highest BCUT2D eigenvalue weighted by atomic mass is 16.6. The Morgan fingerprint density at radius 1 is 1.28 bits per heavy atom. The van der Waals surface area contributed by atoms with Crippen molar-refractivity contribution in [2.75, 3.05) is 6.54 Å². The molecule has 4 fully saturated rings. The van der Waals surface area contributed by atoms with Gasteiger partial charge in [0.2, 0.25) is 0 Å². The first-order valence-electron chi connectivity index (χ1n) is 10.3. The average molecular weight is 400 g/mol. The minimum atomic E-state index is -0.574. The van der Waals surface area contributed by atoms with E-state index in [2.05, 4.69) is 20.6 Å². The van der Waals surface area contributed by atoms with Crippen molar-refractivity contribution >= 4 is 11.7 Å². The van der Waals surface area contributed by atoms with Crippen LogP contribution in [-0.2, 0) is 6.54 Å². The molecule has 1 amide bonds. The van der Waals surface area contributed by atoms with Gasteiger partial charge in [0.25, 0.3) is 0 Å². The van der Waals surface area contributed by atoms with E-state index in [1.807, 2.05) is 0 Å². The van der Waals surface area contributed by atoms with Gasteiger partial charge in [0.15, 0.2) is 5.82 Å². The van der Waals surface area contributed by atoms with E-state index in [0.717, 1.165) is 24.2 Å². The van der Waals surface area contributed by atoms with E-state index in [0.29, 0.717) is 12.0 Å². The molecule has 0 unspecified atom stereocenters. The quantitative estimate of drug-likeness (QED) is 0.558. The Morgan fingerprint density at radius 3 is 2.59 bits per heavy atom. The number of carbonyl (C=O) groups is 1. The van der Waals surface area contributed by atoms with Gasteiger partial charge in [-0.3, -0.25) is 4.79 Å². The third-order valence-electron chi connectivity index (χ3n) is 6.89. The second-order valence-corrected chi connectivity index (χ2v) is 9.07. The number of amides is 1. The van der Waals surface area contributed by atoms with Gasteiger partial charge < -0.3 is 20.0 Å². The molecule has 0 saturated heterocycles. The summed E-state index contributed by atoms with van der Waals surface area (Å²) in [5.74, 6) is 2.22. The van der Waals surface area contributed by atoms with Gasteiger partial charge in [-0.15, -0.1) is 0 Å². The number of hydrogen-bond donors (Lipinski definition) is 1. The summed E-state index contributed by atoms with van der Waals surface area (Å²) in [7, 11) is 0. The first kappa shape index (κ1) is 18.3. The molecule has 4 bridgehead atoms. The molecular formula is C19H24N6O4. The Hall–Kier alpha value is -2.78. The van der Waals surface area contributed by atoms with Gasteiger partial charge >= 0.3 is 17.6 Å². The molecule has 4 aliphatic rings. The van der Waals surface area contributed by atoms with Crippen LogP contribution in [0.15, 0.2) is 16.8 Å². The highest BCUT2D eigenvalue weighted by Crippen LogP contribution is 2.61. The Balaban J connectivity index is 1.14. The van der Waals surface area contributed by atoms with Gasteiger partial charge in [-0.1, -0.05) is 5.16 Å². The van der Waals surface area contributed by atoms with Gasteiger partial charge in [0, 0.05) is 6.54 Å². The van der Waals surface area contributed by atoms with Crippen molar-refractivity contribution in [1.29, 1.82) is 0 Å². The normalized spacial score (nSPS) is 29.9. The monoisotopic (exact) mass is 400 g/mol. The van der Waals surface area contributed by atoms with Crippen LogP contribution >= 0.6 is 0 Å². The zero-order valence-electron chi connectivity index (χ0n) is 16.1. The van der Waals surface area contributed by atoms with E-state index in [9.17, 15) is 14.9 Å². The molecule has 0 radical (unpaired) electrons. The molecule has 2 heterocycles. The molecular weight excluding hydrogens is 376 g/mol. The summed E-state index contributed by atoms with van der Waals surface area (Å²) in [4.78, 5) is 26.6. The fourth-order valence-electron chi connectivity index (χ4n) is 6.20. The van der Waals surface area contributed by atoms with Crippen LogP contribution in [0.3, 0.4) is 0 Å². The molecule has 10 nitrogen and oxygen atoms in total. The summed E-state index contributed by atoms with van der Waals surface area (Å²) in [6.45, 7) is 0.714. The molecule has 0 aromatic carbocycles. The number of carbonyl (C=O) groups excluding carboxylic acids is 1. The smallest absolute Gasteiger partial charge is 0.358 e. The van der Waals surface area contributed by atoms with Crippen LogP contribution in [0.25, 0.3) is 0 Å². The van der Waals surface area contributed by atoms with Crippen molar-refractivity contribution in [1.82, 2.24) is 25.2 Å². The summed E-state index contributed by atoms with van der Waals surface area (Å²) < 4.78 is 6.38. The lowest BCUT2D eigenvalue weighted by Gasteiger charge is -2.57. The molecule has 10 heteroatoms. The molecule has 6 rings (SSSR count). The fourth-order valence-corrected chi connectivity index (χ4v) is 6.20. The van der Waals surface area contributed by atoms with Crippen molar-refractivity contribution in [3.8, 4) is 0 Å². The van der Waals surface area contributed by atoms with Crippen LogP contribution in [-0.4, -0.2) is 37.3 Å². The standard InChI is InChI=1S/C19H24N6O4/c26-17(18-21-15(23-29-18)11-24-4-1-16(22-24)25(27)28)20-3-2-19-8-12-5-13(9-19)7-14(6-12)10-19/h1,4,12-14H,2-3,5-11H2,(H,20,26). The first-order chi connectivity index (χ1) is 14.0. The Morgan fingerprint density at radius 2 is 1.97 bits per heavy atom. The highest BCUT2D eigenvalue weighted by Gasteiger charge is 2.50. The number of rotatable bonds is 7. The van der Waals surface area contributed by atoms with Crippen LogP contribution in [0, 0.1) is 33.3 Å². The summed E-state index contributed by atoms with van der Waals surface area (Å²) in [5.41, 5.74) is 0.414. The Kier molecular flexibility index (Phi) is 4.36. The van der Waals surface area contributed by atoms with Crippen LogP contribution in [0.5, 0.6) is 0 Å². The molecule has 0 aliphatic heterocycles. The molecule has 2 aromatic heterocycles. The van der Waals surface area contributed by atoms with E-state index in [4.69, 9.17) is 4.52 Å². The van der Waals surface area contributed by atoms with Crippen LogP contribution in [0.4, 0.5) is 5.82 Å². The number of nitro groups is 1. The van der Waals surface area contributed by atoms with E-state index in [-0.39, 0.29) is 30.0 Å². The third-order valence-corrected chi connectivity index (χ3v) is 6.89. The predicted molar refractivity (Wildman–Crippen MR) is 99.8 cm³/mol. The van der Waals surface area contributed by atoms with Gasteiger partial charge in [0.1, 0.15) is 6.54 Å². The summed E-state index contributed by atoms with van der Waals surface area (Å²) >= 11 is 0. The number of aromatic nitrogens is 4. The van der Waals surface area contributed by atoms with E-state index in [1.165, 1.54) is 55.5 Å². The summed E-state index contributed by atoms with van der Waals surface area (Å²) in [6, 6.07) is 1.29. The molecule has 1 N–H and O–H groups in total. The first-order valence-corrected chi connectivity index (χ1v) is 10.3. The topological polar surface area (TPSA) is 129 Å². The predicted octanol–water partition coefficient (Wildman–Crippen LogP) is 2.56. The lowest BCUT2D eigenvalue weighted by molar-refractivity contribution is -0.389. The third kappa shape index (κ3) is 3.63. The van der Waals surface area contributed by atoms with Gasteiger partial charge in [0.05, 0.1) is 17.4 Å². The van der Waals surface area contributed by atoms with Crippen molar-refractivity contribution in [2.45, 2.75) is 51.5 Å². The molecule has 154 valence electrons. The maximum Gasteiger partial charge on any atom is 0.389 e. The lowest BCUT2D eigenvalue weighted by Crippen LogP contribution is -2.47. The molecule has 2 aromatic rings. The minimum Gasteiger partial charge on any atom is -0.358 e. The fraction of sp³-hybridized carbons (Fsp3) is 0.684. The SMILES string of the molecule is O=C(NCCC12CC3CC(CC(C3)C1)C2)c1nc(Cn2ccc([N+](=O)[O-])n2)no1. The lowest BCUT2D eigenvalue weighted by atomic mass is 9.49. The second kappa shape index (κ2) is 6.93. The Labute approximate surface area is 167 Å². The number of hydrogen-bond acceptors (Lipinski definition) is 7. The average Bonchev–Trinajstić information content (AvgIpc) is 3.30. The Bertz CT molecular complexity index is 900. The molecule has 29 heavy (non-hydrogen) atoms. The van der Waals surface area contributed by atoms with Crippen LogP contribution in [0.2, 0.25) is 0 Å². The van der Waals surface area contributed by atoms with Crippen molar-refractivity contribution in [3.63, 3.8) is 0 Å². The number of nitrogens with one attached hydrogen (secondary N) is 1. The molecule has 4 saturated carbocycles. The summed E-state index contributed by atoms with van der Waals surface area (Å²) in [5, 5.41) is 21.2. The zero-order valence-corrected chi connectivity index (χ0v) is 16.1. The van der Waals surface area contributed by atoms with Crippen LogP contribution in [0.1, 0.15) is 61.5 Å². The van der Waals surface area contributed by atoms with Gasteiger partial charge in [-0.25, -0.2) is 0 Å². The van der Waals surface area contributed by atoms with Gasteiger partial charge in [-0.2, -0.15) is 9.67 Å².